The highest BCUT2D eigenvalue weighted by Crippen LogP contribution is 2.34. The van der Waals surface area contributed by atoms with Gasteiger partial charge in [-0.1, -0.05) is 30.4 Å². The van der Waals surface area contributed by atoms with Gasteiger partial charge in [0.05, 0.1) is 11.8 Å². The molecule has 0 bridgehead atoms. The maximum absolute atomic E-state index is 12.3. The minimum Gasteiger partial charge on any atom is -0.326 e. The van der Waals surface area contributed by atoms with Crippen molar-refractivity contribution in [2.45, 2.75) is 19.3 Å². The Kier molecular flexibility index (Phi) is 4.04. The SMILES string of the molecule is O=C(CCN1C(=O)C2CC=CCC2C1=O)Nc1ccccc1. The molecule has 1 N–H and O–H groups in total. The molecule has 3 rings (SSSR count). The zero-order valence-electron chi connectivity index (χ0n) is 12.2. The number of allylic oxidation sites excluding steroid dienone is 2. The van der Waals surface area contributed by atoms with E-state index in [1.165, 1.54) is 4.90 Å². The molecule has 0 aromatic heterocycles. The van der Waals surface area contributed by atoms with Crippen molar-refractivity contribution in [3.05, 3.63) is 42.5 Å². The summed E-state index contributed by atoms with van der Waals surface area (Å²) in [5.41, 5.74) is 0.712. The average molecular weight is 298 g/mol. The molecule has 1 aliphatic heterocycles. The van der Waals surface area contributed by atoms with E-state index in [4.69, 9.17) is 0 Å². The maximum Gasteiger partial charge on any atom is 0.233 e. The van der Waals surface area contributed by atoms with Gasteiger partial charge in [-0.05, 0) is 25.0 Å². The summed E-state index contributed by atoms with van der Waals surface area (Å²) >= 11 is 0. The number of anilines is 1. The van der Waals surface area contributed by atoms with Gasteiger partial charge in [0.2, 0.25) is 17.7 Å². The molecule has 1 saturated heterocycles. The number of hydrogen-bond acceptors (Lipinski definition) is 3. The summed E-state index contributed by atoms with van der Waals surface area (Å²) in [4.78, 5) is 37.7. The van der Waals surface area contributed by atoms with Crippen LogP contribution in [0.2, 0.25) is 0 Å². The van der Waals surface area contributed by atoms with Crippen LogP contribution in [0.1, 0.15) is 19.3 Å². The highest BCUT2D eigenvalue weighted by atomic mass is 16.2. The summed E-state index contributed by atoms with van der Waals surface area (Å²) in [6.07, 6.45) is 5.29. The highest BCUT2D eigenvalue weighted by Gasteiger charge is 2.46. The van der Waals surface area contributed by atoms with E-state index in [1.54, 1.807) is 12.1 Å². The summed E-state index contributed by atoms with van der Waals surface area (Å²) in [7, 11) is 0. The molecule has 2 unspecified atom stereocenters. The molecule has 0 spiro atoms. The predicted molar refractivity (Wildman–Crippen MR) is 81.8 cm³/mol. The third kappa shape index (κ3) is 2.79. The molecule has 114 valence electrons. The fraction of sp³-hybridized carbons (Fsp3) is 0.353. The van der Waals surface area contributed by atoms with Gasteiger partial charge in [-0.3, -0.25) is 19.3 Å². The Bertz CT molecular complexity index is 598. The van der Waals surface area contributed by atoms with Crippen LogP contribution in [-0.4, -0.2) is 29.2 Å². The lowest BCUT2D eigenvalue weighted by Crippen LogP contribution is -2.34. The monoisotopic (exact) mass is 298 g/mol. The van der Waals surface area contributed by atoms with Crippen LogP contribution in [0.3, 0.4) is 0 Å². The van der Waals surface area contributed by atoms with E-state index in [0.717, 1.165) is 0 Å². The molecule has 2 atom stereocenters. The predicted octanol–water partition coefficient (Wildman–Crippen LogP) is 1.97. The Balaban J connectivity index is 1.56. The number of para-hydroxylation sites is 1. The van der Waals surface area contributed by atoms with Crippen molar-refractivity contribution >= 4 is 23.4 Å². The Morgan fingerprint density at radius 2 is 1.64 bits per heavy atom. The molecule has 1 aromatic carbocycles. The third-order valence-electron chi connectivity index (χ3n) is 4.22. The van der Waals surface area contributed by atoms with Crippen LogP contribution in [0.15, 0.2) is 42.5 Å². The second kappa shape index (κ2) is 6.13. The lowest BCUT2D eigenvalue weighted by molar-refractivity contribution is -0.140. The number of amides is 3. The van der Waals surface area contributed by atoms with Gasteiger partial charge in [0, 0.05) is 18.7 Å². The lowest BCUT2D eigenvalue weighted by atomic mass is 9.85. The standard InChI is InChI=1S/C17H18N2O3/c20-15(18-12-6-2-1-3-7-12)10-11-19-16(21)13-8-4-5-9-14(13)17(19)22/h1-7,13-14H,8-11H2,(H,18,20). The van der Waals surface area contributed by atoms with Crippen molar-refractivity contribution in [3.8, 4) is 0 Å². The summed E-state index contributed by atoms with van der Waals surface area (Å²) in [5.74, 6) is -0.914. The number of nitrogens with one attached hydrogen (secondary N) is 1. The van der Waals surface area contributed by atoms with Crippen LogP contribution < -0.4 is 5.32 Å². The van der Waals surface area contributed by atoms with Gasteiger partial charge in [0.25, 0.3) is 0 Å². The quantitative estimate of drug-likeness (QED) is 0.682. The van der Waals surface area contributed by atoms with Crippen LogP contribution in [0, 0.1) is 11.8 Å². The minimum atomic E-state index is -0.227. The third-order valence-corrected chi connectivity index (χ3v) is 4.22. The van der Waals surface area contributed by atoms with Gasteiger partial charge in [-0.15, -0.1) is 0 Å². The minimum absolute atomic E-state index is 0.124. The fourth-order valence-electron chi connectivity index (χ4n) is 3.05. The number of rotatable bonds is 4. The Labute approximate surface area is 129 Å². The van der Waals surface area contributed by atoms with Crippen LogP contribution in [-0.2, 0) is 14.4 Å². The summed E-state index contributed by atoms with van der Waals surface area (Å²) in [6, 6.07) is 9.13. The van der Waals surface area contributed by atoms with E-state index >= 15 is 0 Å². The molecule has 5 heteroatoms. The van der Waals surface area contributed by atoms with E-state index in [2.05, 4.69) is 5.32 Å². The van der Waals surface area contributed by atoms with E-state index < -0.39 is 0 Å². The highest BCUT2D eigenvalue weighted by molar-refractivity contribution is 6.05. The smallest absolute Gasteiger partial charge is 0.233 e. The van der Waals surface area contributed by atoms with Gasteiger partial charge in [0.1, 0.15) is 0 Å². The lowest BCUT2D eigenvalue weighted by Gasteiger charge is -2.14. The normalized spacial score (nSPS) is 23.5. The van der Waals surface area contributed by atoms with Gasteiger partial charge < -0.3 is 5.32 Å². The second-order valence-electron chi connectivity index (χ2n) is 5.65. The van der Waals surface area contributed by atoms with Crippen LogP contribution >= 0.6 is 0 Å². The van der Waals surface area contributed by atoms with Crippen molar-refractivity contribution in [3.63, 3.8) is 0 Å². The second-order valence-corrected chi connectivity index (χ2v) is 5.65. The van der Waals surface area contributed by atoms with Crippen molar-refractivity contribution in [1.29, 1.82) is 0 Å². The van der Waals surface area contributed by atoms with Crippen LogP contribution in [0.5, 0.6) is 0 Å². The van der Waals surface area contributed by atoms with Crippen molar-refractivity contribution in [2.24, 2.45) is 11.8 Å². The van der Waals surface area contributed by atoms with Gasteiger partial charge in [0.15, 0.2) is 0 Å². The van der Waals surface area contributed by atoms with Crippen molar-refractivity contribution < 1.29 is 14.4 Å². The Morgan fingerprint density at radius 1 is 1.05 bits per heavy atom. The molecule has 3 amide bonds. The fourth-order valence-corrected chi connectivity index (χ4v) is 3.05. The van der Waals surface area contributed by atoms with Gasteiger partial charge >= 0.3 is 0 Å². The van der Waals surface area contributed by atoms with Gasteiger partial charge in [-0.2, -0.15) is 0 Å². The molecule has 1 aliphatic carbocycles. The van der Waals surface area contributed by atoms with Crippen molar-refractivity contribution in [1.82, 2.24) is 4.90 Å². The molecular weight excluding hydrogens is 280 g/mol. The zero-order valence-corrected chi connectivity index (χ0v) is 12.2. The summed E-state index contributed by atoms with van der Waals surface area (Å²) in [5, 5.41) is 2.76. The first kappa shape index (κ1) is 14.5. The molecule has 0 saturated carbocycles. The molecule has 5 nitrogen and oxygen atoms in total. The van der Waals surface area contributed by atoms with E-state index in [-0.39, 0.29) is 42.5 Å². The number of nitrogens with zero attached hydrogens (tertiary/aromatic N) is 1. The molecule has 1 aromatic rings. The molecule has 2 aliphatic rings. The first-order valence-electron chi connectivity index (χ1n) is 7.52. The van der Waals surface area contributed by atoms with Crippen LogP contribution in [0.4, 0.5) is 5.69 Å². The Hall–Kier alpha value is -2.43. The molecule has 22 heavy (non-hydrogen) atoms. The first-order chi connectivity index (χ1) is 10.7. The molecule has 0 radical (unpaired) electrons. The van der Waals surface area contributed by atoms with Crippen LogP contribution in [0.25, 0.3) is 0 Å². The number of benzene rings is 1. The number of hydrogen-bond donors (Lipinski definition) is 1. The topological polar surface area (TPSA) is 66.5 Å². The van der Waals surface area contributed by atoms with Crippen molar-refractivity contribution in [2.75, 3.05) is 11.9 Å². The number of likely N-dealkylation sites (tertiary alicyclic amines) is 1. The van der Waals surface area contributed by atoms with E-state index in [9.17, 15) is 14.4 Å². The summed E-state index contributed by atoms with van der Waals surface area (Å²) < 4.78 is 0. The molecular formula is C17H18N2O3. The number of fused-ring (bicyclic) bond motifs is 1. The van der Waals surface area contributed by atoms with E-state index in [0.29, 0.717) is 18.5 Å². The summed E-state index contributed by atoms with van der Waals surface area (Å²) in [6.45, 7) is 0.156. The number of carbonyl (C=O) groups is 3. The van der Waals surface area contributed by atoms with E-state index in [1.807, 2.05) is 30.4 Å². The zero-order chi connectivity index (χ0) is 15.5. The maximum atomic E-state index is 12.3. The Morgan fingerprint density at radius 3 is 2.23 bits per heavy atom. The van der Waals surface area contributed by atoms with Gasteiger partial charge in [-0.25, -0.2) is 0 Å². The average Bonchev–Trinajstić information content (AvgIpc) is 2.78. The number of carbonyl (C=O) groups excluding carboxylic acids is 3. The number of imide groups is 1. The molecule has 1 fully saturated rings. The first-order valence-corrected chi connectivity index (χ1v) is 7.52. The molecule has 1 heterocycles. The largest absolute Gasteiger partial charge is 0.326 e.